The van der Waals surface area contributed by atoms with E-state index in [1.165, 1.54) is 6.20 Å². The summed E-state index contributed by atoms with van der Waals surface area (Å²) in [5, 5.41) is 10.7. The number of aromatic nitrogens is 1. The van der Waals surface area contributed by atoms with Gasteiger partial charge in [-0.2, -0.15) is 0 Å². The van der Waals surface area contributed by atoms with Gasteiger partial charge in [-0.1, -0.05) is 22.0 Å². The Morgan fingerprint density at radius 3 is 2.78 bits per heavy atom. The van der Waals surface area contributed by atoms with Crippen molar-refractivity contribution in [3.05, 3.63) is 56.7 Å². The molecule has 0 aliphatic heterocycles. The summed E-state index contributed by atoms with van der Waals surface area (Å²) in [5.41, 5.74) is 0.497. The molecule has 6 heteroatoms. The minimum Gasteiger partial charge on any atom is -0.439 e. The van der Waals surface area contributed by atoms with Gasteiger partial charge in [0.05, 0.1) is 4.92 Å². The Balaban J connectivity index is 2.25. The molecule has 0 atom stereocenters. The van der Waals surface area contributed by atoms with Crippen molar-refractivity contribution in [2.24, 2.45) is 0 Å². The third kappa shape index (κ3) is 2.84. The van der Waals surface area contributed by atoms with Gasteiger partial charge in [-0.05, 0) is 25.1 Å². The molecule has 0 aliphatic rings. The van der Waals surface area contributed by atoms with Gasteiger partial charge in [0.25, 0.3) is 5.69 Å². The quantitative estimate of drug-likeness (QED) is 0.638. The predicted octanol–water partition coefficient (Wildman–Crippen LogP) is 3.85. The maximum atomic E-state index is 10.7. The molecule has 0 radical (unpaired) electrons. The molecular weight excluding hydrogens is 300 g/mol. The van der Waals surface area contributed by atoms with Gasteiger partial charge in [0.2, 0.25) is 5.88 Å². The summed E-state index contributed by atoms with van der Waals surface area (Å²) in [7, 11) is 0. The molecule has 0 spiro atoms. The molecule has 0 fully saturated rings. The number of nitro groups is 1. The van der Waals surface area contributed by atoms with E-state index in [1.54, 1.807) is 25.1 Å². The van der Waals surface area contributed by atoms with E-state index in [9.17, 15) is 10.1 Å². The van der Waals surface area contributed by atoms with E-state index in [2.05, 4.69) is 20.9 Å². The monoisotopic (exact) mass is 308 g/mol. The fourth-order valence-corrected chi connectivity index (χ4v) is 1.80. The lowest BCUT2D eigenvalue weighted by Gasteiger charge is -2.05. The summed E-state index contributed by atoms with van der Waals surface area (Å²) >= 11 is 3.33. The Labute approximate surface area is 112 Å². The van der Waals surface area contributed by atoms with Crippen LogP contribution in [0.5, 0.6) is 11.6 Å². The van der Waals surface area contributed by atoms with Crippen LogP contribution >= 0.6 is 15.9 Å². The van der Waals surface area contributed by atoms with E-state index in [0.717, 1.165) is 4.47 Å². The van der Waals surface area contributed by atoms with Crippen LogP contribution in [-0.4, -0.2) is 9.91 Å². The largest absolute Gasteiger partial charge is 0.439 e. The fraction of sp³-hybridized carbons (Fsp3) is 0.0833. The molecule has 1 aromatic heterocycles. The van der Waals surface area contributed by atoms with Gasteiger partial charge in [-0.3, -0.25) is 10.1 Å². The highest BCUT2D eigenvalue weighted by atomic mass is 79.9. The summed E-state index contributed by atoms with van der Waals surface area (Å²) in [5.74, 6) is 0.946. The van der Waals surface area contributed by atoms with Crippen molar-refractivity contribution in [2.75, 3.05) is 0 Å². The Hall–Kier alpha value is -1.95. The van der Waals surface area contributed by atoms with Crippen LogP contribution in [0.4, 0.5) is 5.69 Å². The van der Waals surface area contributed by atoms with Crippen molar-refractivity contribution in [1.82, 2.24) is 4.98 Å². The zero-order chi connectivity index (χ0) is 13.1. The number of halogens is 1. The molecule has 0 aliphatic carbocycles. The second kappa shape index (κ2) is 5.14. The average Bonchev–Trinajstić information content (AvgIpc) is 2.28. The summed E-state index contributed by atoms with van der Waals surface area (Å²) in [6.07, 6.45) is 1.20. The van der Waals surface area contributed by atoms with Crippen molar-refractivity contribution in [1.29, 1.82) is 0 Å². The first-order valence-corrected chi connectivity index (χ1v) is 5.90. The molecule has 2 rings (SSSR count). The Kier molecular flexibility index (Phi) is 3.57. The van der Waals surface area contributed by atoms with Crippen molar-refractivity contribution in [3.8, 4) is 11.6 Å². The highest BCUT2D eigenvalue weighted by Crippen LogP contribution is 2.26. The van der Waals surface area contributed by atoms with Crippen molar-refractivity contribution < 1.29 is 9.66 Å². The van der Waals surface area contributed by atoms with Crippen LogP contribution < -0.4 is 4.74 Å². The highest BCUT2D eigenvalue weighted by molar-refractivity contribution is 9.10. The smallest absolute Gasteiger partial charge is 0.290 e. The summed E-state index contributed by atoms with van der Waals surface area (Å²) in [4.78, 5) is 14.1. The second-order valence-corrected chi connectivity index (χ2v) is 4.54. The first-order chi connectivity index (χ1) is 8.56. The van der Waals surface area contributed by atoms with E-state index in [-0.39, 0.29) is 5.69 Å². The minimum atomic E-state index is -0.467. The molecule has 1 aromatic carbocycles. The van der Waals surface area contributed by atoms with Gasteiger partial charge in [0.1, 0.15) is 11.9 Å². The number of hydrogen-bond acceptors (Lipinski definition) is 4. The zero-order valence-corrected chi connectivity index (χ0v) is 11.0. The SMILES string of the molecule is Cc1cc(Oc2cccc(Br)c2)ncc1[N+](=O)[O-]. The maximum absolute atomic E-state index is 10.7. The third-order valence-electron chi connectivity index (χ3n) is 2.27. The molecular formula is C12H9BrN2O3. The normalized spacial score (nSPS) is 10.1. The third-order valence-corrected chi connectivity index (χ3v) is 2.77. The van der Waals surface area contributed by atoms with Crippen LogP contribution in [0.1, 0.15) is 5.56 Å². The first kappa shape index (κ1) is 12.5. The number of nitrogens with zero attached hydrogens (tertiary/aromatic N) is 2. The molecule has 0 saturated carbocycles. The minimum absolute atomic E-state index is 0.0170. The van der Waals surface area contributed by atoms with Crippen LogP contribution in [0, 0.1) is 17.0 Å². The predicted molar refractivity (Wildman–Crippen MR) is 69.8 cm³/mol. The molecule has 0 saturated heterocycles. The molecule has 0 bridgehead atoms. The maximum Gasteiger partial charge on any atom is 0.290 e. The van der Waals surface area contributed by atoms with Crippen molar-refractivity contribution in [2.45, 2.75) is 6.92 Å². The van der Waals surface area contributed by atoms with Gasteiger partial charge in [0.15, 0.2) is 0 Å². The standard InChI is InChI=1S/C12H9BrN2O3/c1-8-5-12(14-7-11(8)15(16)17)18-10-4-2-3-9(13)6-10/h2-7H,1H3. The van der Waals surface area contributed by atoms with Gasteiger partial charge in [-0.15, -0.1) is 0 Å². The summed E-state index contributed by atoms with van der Waals surface area (Å²) < 4.78 is 6.40. The molecule has 92 valence electrons. The molecule has 0 unspecified atom stereocenters. The second-order valence-electron chi connectivity index (χ2n) is 3.63. The van der Waals surface area contributed by atoms with Crippen molar-refractivity contribution >= 4 is 21.6 Å². The van der Waals surface area contributed by atoms with Crippen LogP contribution in [0.3, 0.4) is 0 Å². The molecule has 1 heterocycles. The molecule has 0 N–H and O–H groups in total. The lowest BCUT2D eigenvalue weighted by Crippen LogP contribution is -1.95. The van der Waals surface area contributed by atoms with Gasteiger partial charge in [0, 0.05) is 16.1 Å². The van der Waals surface area contributed by atoms with Crippen molar-refractivity contribution in [3.63, 3.8) is 0 Å². The number of rotatable bonds is 3. The van der Waals surface area contributed by atoms with E-state index in [1.807, 2.05) is 12.1 Å². The van der Waals surface area contributed by atoms with Crippen LogP contribution in [0.25, 0.3) is 0 Å². The lowest BCUT2D eigenvalue weighted by molar-refractivity contribution is -0.385. The first-order valence-electron chi connectivity index (χ1n) is 5.11. The topological polar surface area (TPSA) is 65.3 Å². The average molecular weight is 309 g/mol. The fourth-order valence-electron chi connectivity index (χ4n) is 1.42. The highest BCUT2D eigenvalue weighted by Gasteiger charge is 2.12. The number of hydrogen-bond donors (Lipinski definition) is 0. The molecule has 5 nitrogen and oxygen atoms in total. The van der Waals surface area contributed by atoms with E-state index in [4.69, 9.17) is 4.74 Å². The summed E-state index contributed by atoms with van der Waals surface area (Å²) in [6, 6.07) is 8.82. The van der Waals surface area contributed by atoms with Crippen LogP contribution in [0.15, 0.2) is 41.0 Å². The van der Waals surface area contributed by atoms with Crippen LogP contribution in [-0.2, 0) is 0 Å². The lowest BCUT2D eigenvalue weighted by atomic mass is 10.2. The van der Waals surface area contributed by atoms with E-state index >= 15 is 0 Å². The molecule has 0 amide bonds. The van der Waals surface area contributed by atoms with Gasteiger partial charge >= 0.3 is 0 Å². The van der Waals surface area contributed by atoms with Gasteiger partial charge in [-0.25, -0.2) is 4.98 Å². The summed E-state index contributed by atoms with van der Waals surface area (Å²) in [6.45, 7) is 1.65. The van der Waals surface area contributed by atoms with E-state index < -0.39 is 4.92 Å². The number of ether oxygens (including phenoxy) is 1. The Bertz CT molecular complexity index is 602. The Morgan fingerprint density at radius 2 is 2.17 bits per heavy atom. The van der Waals surface area contributed by atoms with Crippen LogP contribution in [0.2, 0.25) is 0 Å². The Morgan fingerprint density at radius 1 is 1.39 bits per heavy atom. The van der Waals surface area contributed by atoms with Gasteiger partial charge < -0.3 is 4.74 Å². The molecule has 18 heavy (non-hydrogen) atoms. The zero-order valence-electron chi connectivity index (χ0n) is 9.46. The van der Waals surface area contributed by atoms with E-state index in [0.29, 0.717) is 17.2 Å². The number of benzene rings is 1. The number of aryl methyl sites for hydroxylation is 1. The number of pyridine rings is 1. The molecule has 2 aromatic rings.